The number of carbonyl (C=O) groups is 3. The summed E-state index contributed by atoms with van der Waals surface area (Å²) in [5.74, 6) is -1.24. The highest BCUT2D eigenvalue weighted by molar-refractivity contribution is 8.01. The van der Waals surface area contributed by atoms with Gasteiger partial charge in [0, 0.05) is 10.6 Å². The maximum absolute atomic E-state index is 12.2. The molecule has 3 rings (SSSR count). The number of esters is 1. The Kier molecular flexibility index (Phi) is 6.36. The van der Waals surface area contributed by atoms with Crippen molar-refractivity contribution in [2.75, 3.05) is 10.6 Å². The standard InChI is InChI=1S/C21H22N2O4S/c1-3-14-8-10-15(11-9-14)22-20(25)13(2)27-19(24)12-18-21(26)23-16-6-4-5-7-17(16)28-18/h4-11,13,18H,3,12H2,1-2H3,(H,22,25)(H,23,26)/t13-,18+/m0/s1. The second-order valence-corrected chi connectivity index (χ2v) is 7.71. The molecular weight excluding hydrogens is 376 g/mol. The highest BCUT2D eigenvalue weighted by atomic mass is 32.2. The summed E-state index contributed by atoms with van der Waals surface area (Å²) in [7, 11) is 0. The highest BCUT2D eigenvalue weighted by Gasteiger charge is 2.30. The summed E-state index contributed by atoms with van der Waals surface area (Å²) in [5.41, 5.74) is 2.55. The molecule has 2 amide bonds. The summed E-state index contributed by atoms with van der Waals surface area (Å²) >= 11 is 1.32. The predicted molar refractivity (Wildman–Crippen MR) is 109 cm³/mol. The van der Waals surface area contributed by atoms with E-state index in [2.05, 4.69) is 17.6 Å². The first-order valence-corrected chi connectivity index (χ1v) is 10.00. The van der Waals surface area contributed by atoms with Crippen LogP contribution in [0.5, 0.6) is 0 Å². The van der Waals surface area contributed by atoms with Gasteiger partial charge in [-0.2, -0.15) is 0 Å². The minimum absolute atomic E-state index is 0.104. The molecule has 0 saturated heterocycles. The van der Waals surface area contributed by atoms with Crippen LogP contribution in [0.1, 0.15) is 25.8 Å². The van der Waals surface area contributed by atoms with Gasteiger partial charge in [-0.25, -0.2) is 0 Å². The van der Waals surface area contributed by atoms with E-state index >= 15 is 0 Å². The van der Waals surface area contributed by atoms with Crippen LogP contribution in [0.3, 0.4) is 0 Å². The van der Waals surface area contributed by atoms with Crippen LogP contribution >= 0.6 is 11.8 Å². The Labute approximate surface area is 168 Å². The lowest BCUT2D eigenvalue weighted by Crippen LogP contribution is -2.34. The zero-order valence-electron chi connectivity index (χ0n) is 15.7. The number of thioether (sulfide) groups is 1. The Morgan fingerprint density at radius 1 is 1.18 bits per heavy atom. The molecule has 0 aromatic heterocycles. The monoisotopic (exact) mass is 398 g/mol. The molecule has 7 heteroatoms. The van der Waals surface area contributed by atoms with Gasteiger partial charge in [0.25, 0.3) is 5.91 Å². The van der Waals surface area contributed by atoms with E-state index in [4.69, 9.17) is 4.74 Å². The second kappa shape index (κ2) is 8.93. The van der Waals surface area contributed by atoms with E-state index in [0.29, 0.717) is 5.69 Å². The first-order valence-electron chi connectivity index (χ1n) is 9.12. The van der Waals surface area contributed by atoms with Crippen LogP contribution in [-0.2, 0) is 25.5 Å². The van der Waals surface area contributed by atoms with E-state index in [9.17, 15) is 14.4 Å². The smallest absolute Gasteiger partial charge is 0.308 e. The average Bonchev–Trinajstić information content (AvgIpc) is 2.69. The molecule has 2 atom stereocenters. The van der Waals surface area contributed by atoms with Gasteiger partial charge in [0.1, 0.15) is 0 Å². The van der Waals surface area contributed by atoms with Gasteiger partial charge in [-0.3, -0.25) is 14.4 Å². The molecule has 1 aliphatic heterocycles. The van der Waals surface area contributed by atoms with Crippen molar-refractivity contribution in [3.8, 4) is 0 Å². The molecule has 2 aromatic rings. The number of para-hydroxylation sites is 1. The molecule has 0 fully saturated rings. The molecule has 28 heavy (non-hydrogen) atoms. The molecule has 1 aliphatic rings. The molecule has 2 aromatic carbocycles. The summed E-state index contributed by atoms with van der Waals surface area (Å²) in [5, 5.41) is 4.93. The number of hydrogen-bond donors (Lipinski definition) is 2. The van der Waals surface area contributed by atoms with Gasteiger partial charge >= 0.3 is 5.97 Å². The largest absolute Gasteiger partial charge is 0.452 e. The number of carbonyl (C=O) groups excluding carboxylic acids is 3. The fourth-order valence-corrected chi connectivity index (χ4v) is 3.84. The zero-order valence-corrected chi connectivity index (χ0v) is 16.5. The van der Waals surface area contributed by atoms with Crippen molar-refractivity contribution in [2.45, 2.75) is 42.9 Å². The third-order valence-corrected chi connectivity index (χ3v) is 5.64. The van der Waals surface area contributed by atoms with E-state index < -0.39 is 23.2 Å². The molecule has 0 bridgehead atoms. The van der Waals surface area contributed by atoms with E-state index in [1.807, 2.05) is 48.5 Å². The first kappa shape index (κ1) is 19.9. The molecular formula is C21H22N2O4S. The maximum atomic E-state index is 12.2. The number of aryl methyl sites for hydroxylation is 1. The zero-order chi connectivity index (χ0) is 20.1. The number of benzene rings is 2. The minimum atomic E-state index is -0.956. The van der Waals surface area contributed by atoms with Gasteiger partial charge in [-0.15, -0.1) is 11.8 Å². The lowest BCUT2D eigenvalue weighted by Gasteiger charge is -2.23. The molecule has 0 unspecified atom stereocenters. The highest BCUT2D eigenvalue weighted by Crippen LogP contribution is 2.36. The molecule has 2 N–H and O–H groups in total. The quantitative estimate of drug-likeness (QED) is 0.726. The lowest BCUT2D eigenvalue weighted by atomic mass is 10.1. The number of amides is 2. The van der Waals surface area contributed by atoms with Crippen molar-refractivity contribution in [3.63, 3.8) is 0 Å². The SMILES string of the molecule is CCc1ccc(NC(=O)[C@H](C)OC(=O)C[C@H]2Sc3ccccc3NC2=O)cc1. The summed E-state index contributed by atoms with van der Waals surface area (Å²) in [4.78, 5) is 37.6. The lowest BCUT2D eigenvalue weighted by molar-refractivity contribution is -0.153. The predicted octanol–water partition coefficient (Wildman–Crippen LogP) is 3.62. The molecule has 0 radical (unpaired) electrons. The van der Waals surface area contributed by atoms with Gasteiger partial charge in [0.05, 0.1) is 17.4 Å². The topological polar surface area (TPSA) is 84.5 Å². The van der Waals surface area contributed by atoms with Crippen LogP contribution in [0.25, 0.3) is 0 Å². The first-order chi connectivity index (χ1) is 13.5. The van der Waals surface area contributed by atoms with Crippen LogP contribution in [-0.4, -0.2) is 29.1 Å². The van der Waals surface area contributed by atoms with E-state index in [0.717, 1.165) is 17.0 Å². The van der Waals surface area contributed by atoms with Crippen molar-refractivity contribution < 1.29 is 19.1 Å². The summed E-state index contributed by atoms with van der Waals surface area (Å²) < 4.78 is 5.22. The number of anilines is 2. The van der Waals surface area contributed by atoms with Crippen molar-refractivity contribution in [3.05, 3.63) is 54.1 Å². The molecule has 6 nitrogen and oxygen atoms in total. The number of fused-ring (bicyclic) bond motifs is 1. The van der Waals surface area contributed by atoms with Crippen molar-refractivity contribution >= 4 is 40.9 Å². The number of rotatable bonds is 6. The molecule has 0 spiro atoms. The van der Waals surface area contributed by atoms with Crippen molar-refractivity contribution in [1.29, 1.82) is 0 Å². The second-order valence-electron chi connectivity index (χ2n) is 6.47. The Balaban J connectivity index is 1.52. The molecule has 0 aliphatic carbocycles. The van der Waals surface area contributed by atoms with Crippen molar-refractivity contribution in [2.24, 2.45) is 0 Å². The summed E-state index contributed by atoms with van der Waals surface area (Å²) in [6.45, 7) is 3.57. The summed E-state index contributed by atoms with van der Waals surface area (Å²) in [6, 6.07) is 14.9. The van der Waals surface area contributed by atoms with Crippen LogP contribution in [0.15, 0.2) is 53.4 Å². The summed E-state index contributed by atoms with van der Waals surface area (Å²) in [6.07, 6.45) is -0.144. The Morgan fingerprint density at radius 2 is 1.89 bits per heavy atom. The molecule has 1 heterocycles. The Hall–Kier alpha value is -2.80. The third-order valence-electron chi connectivity index (χ3n) is 4.37. The normalized spacial score (nSPS) is 16.5. The Bertz CT molecular complexity index is 882. The van der Waals surface area contributed by atoms with E-state index in [1.54, 1.807) is 0 Å². The minimum Gasteiger partial charge on any atom is -0.452 e. The van der Waals surface area contributed by atoms with Gasteiger partial charge in [0.15, 0.2) is 6.10 Å². The fourth-order valence-electron chi connectivity index (χ4n) is 2.74. The van der Waals surface area contributed by atoms with Gasteiger partial charge in [-0.05, 0) is 43.2 Å². The van der Waals surface area contributed by atoms with Gasteiger partial charge < -0.3 is 15.4 Å². The number of hydrogen-bond acceptors (Lipinski definition) is 5. The number of nitrogens with one attached hydrogen (secondary N) is 2. The van der Waals surface area contributed by atoms with Crippen molar-refractivity contribution in [1.82, 2.24) is 0 Å². The van der Waals surface area contributed by atoms with Gasteiger partial charge in [-0.1, -0.05) is 31.2 Å². The third kappa shape index (κ3) is 4.92. The number of ether oxygens (including phenoxy) is 1. The molecule has 146 valence electrons. The Morgan fingerprint density at radius 3 is 2.61 bits per heavy atom. The van der Waals surface area contributed by atoms with Gasteiger partial charge in [0.2, 0.25) is 5.91 Å². The van der Waals surface area contributed by atoms with E-state index in [1.165, 1.54) is 24.2 Å². The van der Waals surface area contributed by atoms with E-state index in [-0.39, 0.29) is 12.3 Å². The molecule has 0 saturated carbocycles. The maximum Gasteiger partial charge on any atom is 0.308 e. The average molecular weight is 398 g/mol. The van der Waals surface area contributed by atoms with Crippen LogP contribution in [0.4, 0.5) is 11.4 Å². The van der Waals surface area contributed by atoms with Crippen LogP contribution < -0.4 is 10.6 Å². The van der Waals surface area contributed by atoms with Crippen LogP contribution in [0.2, 0.25) is 0 Å². The fraction of sp³-hybridized carbons (Fsp3) is 0.286. The van der Waals surface area contributed by atoms with Crippen LogP contribution in [0, 0.1) is 0 Å².